The minimum atomic E-state index is -3.27. The second-order valence-electron chi connectivity index (χ2n) is 4.85. The predicted octanol–water partition coefficient (Wildman–Crippen LogP) is 2.55. The molecule has 2 aromatic rings. The molecule has 1 heterocycles. The Kier molecular flexibility index (Phi) is 4.09. The van der Waals surface area contributed by atoms with Crippen molar-refractivity contribution in [3.8, 4) is 11.3 Å². The number of anilines is 1. The highest BCUT2D eigenvalue weighted by atomic mass is 32.2. The fourth-order valence-electron chi connectivity index (χ4n) is 1.79. The Morgan fingerprint density at radius 3 is 2.38 bits per heavy atom. The predicted molar refractivity (Wildman–Crippen MR) is 84.3 cm³/mol. The van der Waals surface area contributed by atoms with Crippen LogP contribution in [0.1, 0.15) is 19.5 Å². The minimum absolute atomic E-state index is 0.300. The van der Waals surface area contributed by atoms with Gasteiger partial charge in [0.05, 0.1) is 22.0 Å². The van der Waals surface area contributed by atoms with Crippen LogP contribution in [0.25, 0.3) is 17.3 Å². The molecule has 0 fully saturated rings. The van der Waals surface area contributed by atoms with Gasteiger partial charge in [0, 0.05) is 5.56 Å². The zero-order valence-electron chi connectivity index (χ0n) is 11.9. The third-order valence-electron chi connectivity index (χ3n) is 3.12. The van der Waals surface area contributed by atoms with Crippen LogP contribution in [0.4, 0.5) is 5.82 Å². The van der Waals surface area contributed by atoms with E-state index in [0.29, 0.717) is 22.1 Å². The van der Waals surface area contributed by atoms with E-state index < -0.39 is 15.1 Å². The van der Waals surface area contributed by atoms with Crippen LogP contribution in [0.2, 0.25) is 0 Å². The van der Waals surface area contributed by atoms with Crippen LogP contribution in [0.3, 0.4) is 0 Å². The molecule has 0 atom stereocenters. The Hall–Kier alpha value is -2.21. The van der Waals surface area contributed by atoms with Crippen molar-refractivity contribution in [1.29, 1.82) is 0 Å². The Labute approximate surface area is 124 Å². The quantitative estimate of drug-likeness (QED) is 0.938. The number of nitrogens with two attached hydrogens (primary N) is 1. The van der Waals surface area contributed by atoms with Crippen molar-refractivity contribution in [2.45, 2.75) is 24.0 Å². The summed E-state index contributed by atoms with van der Waals surface area (Å²) in [6.07, 6.45) is 3.08. The highest BCUT2D eigenvalue weighted by Crippen LogP contribution is 2.22. The van der Waals surface area contributed by atoms with Crippen molar-refractivity contribution in [1.82, 2.24) is 9.97 Å². The van der Waals surface area contributed by atoms with E-state index in [1.165, 1.54) is 6.08 Å². The average molecular weight is 303 g/mol. The number of nitrogens with zero attached hydrogens (tertiary/aromatic N) is 2. The van der Waals surface area contributed by atoms with Crippen LogP contribution in [0, 0.1) is 0 Å². The molecule has 2 rings (SSSR count). The Balaban J connectivity index is 2.42. The zero-order chi connectivity index (χ0) is 15.6. The molecular weight excluding hydrogens is 286 g/mol. The van der Waals surface area contributed by atoms with Gasteiger partial charge in [-0.1, -0.05) is 18.7 Å². The smallest absolute Gasteiger partial charge is 0.180 e. The normalized spacial score (nSPS) is 11.6. The van der Waals surface area contributed by atoms with E-state index in [-0.39, 0.29) is 0 Å². The van der Waals surface area contributed by atoms with E-state index in [1.54, 1.807) is 44.3 Å². The van der Waals surface area contributed by atoms with Gasteiger partial charge in [-0.15, -0.1) is 0 Å². The third kappa shape index (κ3) is 2.95. The summed E-state index contributed by atoms with van der Waals surface area (Å²) in [4.78, 5) is 8.68. The van der Waals surface area contributed by atoms with Crippen LogP contribution in [0.15, 0.2) is 41.9 Å². The number of rotatable bonds is 4. The number of nitrogen functional groups attached to an aromatic ring is 1. The number of aromatic nitrogens is 2. The SMILES string of the molecule is C=Cc1nc(-c2ccc(S(=O)(=O)C(C)C)cc2)cnc1N. The van der Waals surface area contributed by atoms with Crippen LogP contribution >= 0.6 is 0 Å². The van der Waals surface area contributed by atoms with Gasteiger partial charge in [-0.25, -0.2) is 18.4 Å². The lowest BCUT2D eigenvalue weighted by molar-refractivity contribution is 0.587. The van der Waals surface area contributed by atoms with Gasteiger partial charge < -0.3 is 5.73 Å². The Morgan fingerprint density at radius 2 is 1.86 bits per heavy atom. The van der Waals surface area contributed by atoms with Crippen molar-refractivity contribution < 1.29 is 8.42 Å². The van der Waals surface area contributed by atoms with Crippen LogP contribution in [0.5, 0.6) is 0 Å². The van der Waals surface area contributed by atoms with E-state index in [9.17, 15) is 8.42 Å². The maximum absolute atomic E-state index is 12.1. The molecule has 5 nitrogen and oxygen atoms in total. The van der Waals surface area contributed by atoms with E-state index in [1.807, 2.05) is 0 Å². The van der Waals surface area contributed by atoms with Crippen molar-refractivity contribution in [2.75, 3.05) is 5.73 Å². The molecule has 0 radical (unpaired) electrons. The van der Waals surface area contributed by atoms with E-state index >= 15 is 0 Å². The van der Waals surface area contributed by atoms with Gasteiger partial charge in [-0.2, -0.15) is 0 Å². The average Bonchev–Trinajstić information content (AvgIpc) is 2.47. The zero-order valence-corrected chi connectivity index (χ0v) is 12.8. The minimum Gasteiger partial charge on any atom is -0.382 e. The second kappa shape index (κ2) is 5.65. The first kappa shape index (κ1) is 15.2. The molecule has 1 aromatic heterocycles. The molecular formula is C15H17N3O2S. The molecule has 0 bridgehead atoms. The summed E-state index contributed by atoms with van der Waals surface area (Å²) in [7, 11) is -3.27. The lowest BCUT2D eigenvalue weighted by atomic mass is 10.1. The van der Waals surface area contributed by atoms with Gasteiger partial charge >= 0.3 is 0 Å². The summed E-state index contributed by atoms with van der Waals surface area (Å²) < 4.78 is 24.1. The first-order valence-corrected chi connectivity index (χ1v) is 8.00. The fraction of sp³-hybridized carbons (Fsp3) is 0.200. The Bertz CT molecular complexity index is 766. The molecule has 0 spiro atoms. The molecule has 21 heavy (non-hydrogen) atoms. The molecule has 6 heteroatoms. The fourth-order valence-corrected chi connectivity index (χ4v) is 2.85. The summed E-state index contributed by atoms with van der Waals surface area (Å²) >= 11 is 0. The van der Waals surface area contributed by atoms with Gasteiger partial charge in [-0.05, 0) is 32.1 Å². The lowest BCUT2D eigenvalue weighted by Gasteiger charge is -2.09. The van der Waals surface area contributed by atoms with E-state index in [4.69, 9.17) is 5.73 Å². The maximum atomic E-state index is 12.1. The lowest BCUT2D eigenvalue weighted by Crippen LogP contribution is -2.13. The number of hydrogen-bond donors (Lipinski definition) is 1. The molecule has 0 saturated carbocycles. The molecule has 0 unspecified atom stereocenters. The summed E-state index contributed by atoms with van der Waals surface area (Å²) in [5.41, 5.74) is 7.56. The van der Waals surface area contributed by atoms with Gasteiger partial charge in [-0.3, -0.25) is 0 Å². The number of benzene rings is 1. The molecule has 0 aliphatic rings. The highest BCUT2D eigenvalue weighted by molar-refractivity contribution is 7.92. The molecule has 0 aliphatic heterocycles. The molecule has 1 aromatic carbocycles. The van der Waals surface area contributed by atoms with Crippen molar-refractivity contribution in [3.63, 3.8) is 0 Å². The van der Waals surface area contributed by atoms with E-state index in [2.05, 4.69) is 16.5 Å². The molecule has 2 N–H and O–H groups in total. The van der Waals surface area contributed by atoms with Crippen molar-refractivity contribution >= 4 is 21.7 Å². The number of sulfone groups is 1. The summed E-state index contributed by atoms with van der Waals surface area (Å²) in [6.45, 7) is 6.95. The van der Waals surface area contributed by atoms with Crippen LogP contribution in [-0.2, 0) is 9.84 Å². The summed E-state index contributed by atoms with van der Waals surface area (Å²) in [5, 5.41) is -0.452. The Morgan fingerprint density at radius 1 is 1.24 bits per heavy atom. The van der Waals surface area contributed by atoms with Gasteiger partial charge in [0.25, 0.3) is 0 Å². The van der Waals surface area contributed by atoms with Gasteiger partial charge in [0.2, 0.25) is 0 Å². The molecule has 0 aliphatic carbocycles. The first-order chi connectivity index (χ1) is 9.86. The second-order valence-corrected chi connectivity index (χ2v) is 7.35. The maximum Gasteiger partial charge on any atom is 0.180 e. The molecule has 110 valence electrons. The van der Waals surface area contributed by atoms with Crippen LogP contribution < -0.4 is 5.73 Å². The van der Waals surface area contributed by atoms with Crippen molar-refractivity contribution in [2.24, 2.45) is 0 Å². The largest absolute Gasteiger partial charge is 0.382 e. The standard InChI is InChI=1S/C15H17N3O2S/c1-4-13-15(16)17-9-14(18-13)11-5-7-12(8-6-11)21(19,20)10(2)3/h4-10H,1H2,2-3H3,(H2,16,17). The summed E-state index contributed by atoms with van der Waals surface area (Å²) in [6, 6.07) is 6.58. The summed E-state index contributed by atoms with van der Waals surface area (Å²) in [5.74, 6) is 0.313. The monoisotopic (exact) mass is 303 g/mol. The molecule has 0 saturated heterocycles. The topological polar surface area (TPSA) is 85.9 Å². The van der Waals surface area contributed by atoms with Crippen LogP contribution in [-0.4, -0.2) is 23.6 Å². The number of hydrogen-bond acceptors (Lipinski definition) is 5. The van der Waals surface area contributed by atoms with E-state index in [0.717, 1.165) is 5.56 Å². The van der Waals surface area contributed by atoms with Gasteiger partial charge in [0.15, 0.2) is 9.84 Å². The highest BCUT2D eigenvalue weighted by Gasteiger charge is 2.18. The van der Waals surface area contributed by atoms with Gasteiger partial charge in [0.1, 0.15) is 11.5 Å². The van der Waals surface area contributed by atoms with Crippen molar-refractivity contribution in [3.05, 3.63) is 42.7 Å². The molecule has 0 amide bonds. The third-order valence-corrected chi connectivity index (χ3v) is 5.29. The first-order valence-electron chi connectivity index (χ1n) is 6.45.